The summed E-state index contributed by atoms with van der Waals surface area (Å²) in [7, 11) is 0. The Balaban J connectivity index is 1.18. The predicted octanol–water partition coefficient (Wildman–Crippen LogP) is 4.04. The molecule has 196 valence electrons. The number of aliphatic hydroxyl groups is 2. The van der Waals surface area contributed by atoms with Crippen LogP contribution in [0.3, 0.4) is 0 Å². The van der Waals surface area contributed by atoms with Gasteiger partial charge in [-0.05, 0) is 40.8 Å². The minimum Gasteiger partial charge on any atom is -0.459 e. The quantitative estimate of drug-likeness (QED) is 0.297. The Morgan fingerprint density at radius 1 is 1.05 bits per heavy atom. The number of ether oxygens (including phenoxy) is 2. The van der Waals surface area contributed by atoms with Crippen LogP contribution in [-0.2, 0) is 9.53 Å². The van der Waals surface area contributed by atoms with E-state index in [2.05, 4.69) is 39.6 Å². The largest absolute Gasteiger partial charge is 0.459 e. The van der Waals surface area contributed by atoms with Crippen LogP contribution < -0.4 is 10.1 Å². The average molecular weight is 534 g/mol. The van der Waals surface area contributed by atoms with E-state index in [0.717, 1.165) is 46.3 Å². The van der Waals surface area contributed by atoms with Crippen molar-refractivity contribution in [3.8, 4) is 28.3 Å². The number of hydrogen-bond acceptors (Lipinski definition) is 6. The van der Waals surface area contributed by atoms with Crippen molar-refractivity contribution < 1.29 is 24.5 Å². The lowest BCUT2D eigenvalue weighted by molar-refractivity contribution is -0.131. The molecule has 1 amide bonds. The molecule has 9 heteroatoms. The topological polar surface area (TPSA) is 117 Å². The number of aromatic amines is 1. The summed E-state index contributed by atoms with van der Waals surface area (Å²) in [5.41, 5.74) is 6.47. The van der Waals surface area contributed by atoms with Gasteiger partial charge in [-0.2, -0.15) is 4.98 Å². The maximum Gasteiger partial charge on any atom is 0.294 e. The summed E-state index contributed by atoms with van der Waals surface area (Å²) >= 11 is 6.64. The Kier molecular flexibility index (Phi) is 6.80. The lowest BCUT2D eigenvalue weighted by Crippen LogP contribution is -2.45. The van der Waals surface area contributed by atoms with Crippen LogP contribution in [0.25, 0.3) is 33.3 Å². The van der Waals surface area contributed by atoms with Crippen LogP contribution >= 0.6 is 11.6 Å². The number of carbonyl (C=O) groups is 1. The van der Waals surface area contributed by atoms with Crippen molar-refractivity contribution in [2.75, 3.05) is 19.8 Å². The van der Waals surface area contributed by atoms with Crippen molar-refractivity contribution in [2.45, 2.75) is 37.1 Å². The highest BCUT2D eigenvalue weighted by Crippen LogP contribution is 2.34. The normalized spacial score (nSPS) is 23.5. The van der Waals surface area contributed by atoms with Gasteiger partial charge in [-0.25, -0.2) is 0 Å². The summed E-state index contributed by atoms with van der Waals surface area (Å²) in [6, 6.07) is 20.4. The van der Waals surface area contributed by atoms with Crippen LogP contribution in [0.5, 0.6) is 6.01 Å². The van der Waals surface area contributed by atoms with Crippen LogP contribution in [-0.4, -0.2) is 64.2 Å². The second-order valence-electron chi connectivity index (χ2n) is 9.82. The minimum atomic E-state index is -0.793. The number of imidazole rings is 1. The van der Waals surface area contributed by atoms with Crippen LogP contribution in [0.15, 0.2) is 60.7 Å². The number of nitrogens with one attached hydrogen (secondary N) is 2. The number of H-pyrrole nitrogens is 1. The number of hydrogen-bond donors (Lipinski definition) is 4. The van der Waals surface area contributed by atoms with Gasteiger partial charge in [0.25, 0.3) is 6.01 Å². The fourth-order valence-corrected chi connectivity index (χ4v) is 5.46. The van der Waals surface area contributed by atoms with Crippen molar-refractivity contribution in [3.63, 3.8) is 0 Å². The van der Waals surface area contributed by atoms with E-state index in [0.29, 0.717) is 23.0 Å². The number of nitrogens with zero attached hydrogens (tertiary/aromatic N) is 1. The Labute approximate surface area is 224 Å². The van der Waals surface area contributed by atoms with Crippen LogP contribution in [0, 0.1) is 0 Å². The highest BCUT2D eigenvalue weighted by Gasteiger charge is 2.31. The third-order valence-electron chi connectivity index (χ3n) is 7.33. The van der Waals surface area contributed by atoms with Crippen molar-refractivity contribution in [1.29, 1.82) is 0 Å². The molecule has 38 heavy (non-hydrogen) atoms. The molecule has 0 spiro atoms. The fourth-order valence-electron chi connectivity index (χ4n) is 5.19. The number of fused-ring (bicyclic) bond motifs is 1. The van der Waals surface area contributed by atoms with E-state index in [1.54, 1.807) is 0 Å². The number of benzene rings is 3. The zero-order valence-corrected chi connectivity index (χ0v) is 21.3. The molecule has 2 saturated heterocycles. The SMILES string of the molecule is O=C1NCCC1c1ccc(-c2ccc(-c3cc4nc(OC5COC(CO)C(O)C5)[nH]c4cc3Cl)cc2)cc1. The first-order valence-corrected chi connectivity index (χ1v) is 13.1. The monoisotopic (exact) mass is 533 g/mol. The zero-order chi connectivity index (χ0) is 26.2. The van der Waals surface area contributed by atoms with Gasteiger partial charge >= 0.3 is 0 Å². The van der Waals surface area contributed by atoms with E-state index in [1.807, 2.05) is 36.4 Å². The van der Waals surface area contributed by atoms with Crippen molar-refractivity contribution in [2.24, 2.45) is 0 Å². The number of carbonyl (C=O) groups excluding carboxylic acids is 1. The third-order valence-corrected chi connectivity index (χ3v) is 7.64. The molecule has 0 radical (unpaired) electrons. The first-order chi connectivity index (χ1) is 18.5. The molecule has 1 aromatic heterocycles. The second kappa shape index (κ2) is 10.4. The standard InChI is InChI=1S/C29H28ClN3O5/c30-23-13-25-24(32-29(33-25)38-20-11-26(35)27(14-34)37-15-20)12-22(23)19-7-3-17(4-8-19)16-1-5-18(6-2-16)21-9-10-31-28(21)36/h1-8,12-13,20-21,26-27,34-35H,9-11,14-15H2,(H,31,36)(H,32,33). The van der Waals surface area contributed by atoms with Crippen molar-refractivity contribution in [3.05, 3.63) is 71.2 Å². The maximum absolute atomic E-state index is 12.0. The summed E-state index contributed by atoms with van der Waals surface area (Å²) < 4.78 is 11.4. The smallest absolute Gasteiger partial charge is 0.294 e. The number of amides is 1. The van der Waals surface area contributed by atoms with Gasteiger partial charge in [-0.3, -0.25) is 4.79 Å². The van der Waals surface area contributed by atoms with Gasteiger partial charge in [-0.15, -0.1) is 0 Å². The molecule has 3 aromatic carbocycles. The van der Waals surface area contributed by atoms with E-state index in [4.69, 9.17) is 21.1 Å². The predicted molar refractivity (Wildman–Crippen MR) is 144 cm³/mol. The van der Waals surface area contributed by atoms with Gasteiger partial charge in [-0.1, -0.05) is 60.1 Å². The van der Waals surface area contributed by atoms with Crippen molar-refractivity contribution in [1.82, 2.24) is 15.3 Å². The highest BCUT2D eigenvalue weighted by molar-refractivity contribution is 6.34. The van der Waals surface area contributed by atoms with Gasteiger partial charge in [0.1, 0.15) is 12.2 Å². The van der Waals surface area contributed by atoms with E-state index in [1.165, 1.54) is 0 Å². The molecule has 4 unspecified atom stereocenters. The number of aromatic nitrogens is 2. The summed E-state index contributed by atoms with van der Waals surface area (Å²) in [5, 5.41) is 22.8. The molecule has 0 aliphatic carbocycles. The molecule has 6 rings (SSSR count). The number of rotatable bonds is 6. The van der Waals surface area contributed by atoms with Gasteiger partial charge in [0.2, 0.25) is 5.91 Å². The Morgan fingerprint density at radius 2 is 1.76 bits per heavy atom. The Hall–Kier alpha value is -3.43. The molecule has 4 N–H and O–H groups in total. The summed E-state index contributed by atoms with van der Waals surface area (Å²) in [5.74, 6) is 0.0437. The molecule has 4 aromatic rings. The van der Waals surface area contributed by atoms with Crippen LogP contribution in [0.2, 0.25) is 5.02 Å². The van der Waals surface area contributed by atoms with E-state index < -0.39 is 12.2 Å². The van der Waals surface area contributed by atoms with Gasteiger partial charge < -0.3 is 30.0 Å². The average Bonchev–Trinajstić information content (AvgIpc) is 3.53. The molecule has 2 fully saturated rings. The molecular weight excluding hydrogens is 506 g/mol. The van der Waals surface area contributed by atoms with Gasteiger partial charge in [0.05, 0.1) is 41.3 Å². The maximum atomic E-state index is 12.0. The Bertz CT molecular complexity index is 1450. The second-order valence-corrected chi connectivity index (χ2v) is 10.2. The molecule has 0 saturated carbocycles. The third kappa shape index (κ3) is 4.88. The number of halogens is 1. The highest BCUT2D eigenvalue weighted by atomic mass is 35.5. The first kappa shape index (κ1) is 24.9. The molecule has 0 bridgehead atoms. The summed E-state index contributed by atoms with van der Waals surface area (Å²) in [6.45, 7) is 0.767. The molecule has 4 atom stereocenters. The molecule has 2 aliphatic heterocycles. The molecular formula is C29H28ClN3O5. The molecule has 2 aliphatic rings. The van der Waals surface area contributed by atoms with E-state index in [9.17, 15) is 15.0 Å². The molecule has 3 heterocycles. The lowest BCUT2D eigenvalue weighted by Gasteiger charge is -2.31. The summed E-state index contributed by atoms with van der Waals surface area (Å²) in [6.07, 6.45) is -0.568. The zero-order valence-electron chi connectivity index (χ0n) is 20.6. The minimum absolute atomic E-state index is 0.0577. The van der Waals surface area contributed by atoms with Crippen molar-refractivity contribution >= 4 is 28.5 Å². The summed E-state index contributed by atoms with van der Waals surface area (Å²) in [4.78, 5) is 19.7. The van der Waals surface area contributed by atoms with Crippen LogP contribution in [0.4, 0.5) is 0 Å². The lowest BCUT2D eigenvalue weighted by atomic mass is 9.94. The van der Waals surface area contributed by atoms with Gasteiger partial charge in [0.15, 0.2) is 0 Å². The number of aliphatic hydroxyl groups excluding tert-OH is 2. The molecule has 8 nitrogen and oxygen atoms in total. The van der Waals surface area contributed by atoms with E-state index >= 15 is 0 Å². The first-order valence-electron chi connectivity index (χ1n) is 12.7. The van der Waals surface area contributed by atoms with Gasteiger partial charge in [0, 0.05) is 18.5 Å². The fraction of sp³-hybridized carbons (Fsp3) is 0.310. The van der Waals surface area contributed by atoms with E-state index in [-0.39, 0.29) is 31.1 Å². The Morgan fingerprint density at radius 3 is 2.42 bits per heavy atom. The van der Waals surface area contributed by atoms with Crippen LogP contribution in [0.1, 0.15) is 24.3 Å².